The lowest BCUT2D eigenvalue weighted by molar-refractivity contribution is 0.103. The maximum Gasteiger partial charge on any atom is 0.0192 e. The van der Waals surface area contributed by atoms with Gasteiger partial charge in [-0.15, -0.1) is 0 Å². The SMILES string of the molecule is CC1CN(CCCCC(C)(C)CN)CCN1C. The van der Waals surface area contributed by atoms with Crippen molar-refractivity contribution < 1.29 is 0 Å². The van der Waals surface area contributed by atoms with Gasteiger partial charge in [0.2, 0.25) is 0 Å². The van der Waals surface area contributed by atoms with Crippen LogP contribution < -0.4 is 5.73 Å². The monoisotopic (exact) mass is 241 g/mol. The Morgan fingerprint density at radius 1 is 1.24 bits per heavy atom. The van der Waals surface area contributed by atoms with E-state index in [9.17, 15) is 0 Å². The summed E-state index contributed by atoms with van der Waals surface area (Å²) in [5.41, 5.74) is 6.08. The quantitative estimate of drug-likeness (QED) is 0.720. The molecule has 1 aliphatic heterocycles. The van der Waals surface area contributed by atoms with Crippen molar-refractivity contribution in [1.82, 2.24) is 9.80 Å². The second-order valence-corrected chi connectivity index (χ2v) is 6.46. The third kappa shape index (κ3) is 5.36. The molecule has 0 aliphatic carbocycles. The van der Waals surface area contributed by atoms with E-state index in [4.69, 9.17) is 5.73 Å². The maximum absolute atomic E-state index is 5.75. The molecule has 1 rings (SSSR count). The van der Waals surface area contributed by atoms with Crippen molar-refractivity contribution in [2.75, 3.05) is 39.8 Å². The number of nitrogens with zero attached hydrogens (tertiary/aromatic N) is 2. The molecule has 0 spiro atoms. The van der Waals surface area contributed by atoms with Crippen LogP contribution in [-0.2, 0) is 0 Å². The first-order chi connectivity index (χ1) is 7.94. The van der Waals surface area contributed by atoms with Crippen LogP contribution in [0, 0.1) is 5.41 Å². The molecule has 1 fully saturated rings. The van der Waals surface area contributed by atoms with Crippen molar-refractivity contribution >= 4 is 0 Å². The summed E-state index contributed by atoms with van der Waals surface area (Å²) in [6.07, 6.45) is 3.89. The largest absolute Gasteiger partial charge is 0.330 e. The van der Waals surface area contributed by atoms with Crippen LogP contribution in [-0.4, -0.2) is 55.6 Å². The van der Waals surface area contributed by atoms with Gasteiger partial charge in [0.05, 0.1) is 0 Å². The maximum atomic E-state index is 5.75. The molecule has 0 radical (unpaired) electrons. The molecular weight excluding hydrogens is 210 g/mol. The zero-order chi connectivity index (χ0) is 12.9. The lowest BCUT2D eigenvalue weighted by Gasteiger charge is -2.37. The molecule has 1 saturated heterocycles. The van der Waals surface area contributed by atoms with Gasteiger partial charge in [-0.2, -0.15) is 0 Å². The van der Waals surface area contributed by atoms with Crippen LogP contribution in [0.1, 0.15) is 40.0 Å². The van der Waals surface area contributed by atoms with Crippen molar-refractivity contribution in [3.05, 3.63) is 0 Å². The molecule has 2 N–H and O–H groups in total. The predicted molar refractivity (Wildman–Crippen MR) is 75.2 cm³/mol. The second kappa shape index (κ2) is 6.72. The lowest BCUT2D eigenvalue weighted by atomic mass is 9.87. The topological polar surface area (TPSA) is 32.5 Å². The number of unbranched alkanes of at least 4 members (excludes halogenated alkanes) is 1. The molecular formula is C14H31N3. The van der Waals surface area contributed by atoms with Crippen molar-refractivity contribution in [1.29, 1.82) is 0 Å². The van der Waals surface area contributed by atoms with E-state index in [0.29, 0.717) is 11.5 Å². The number of nitrogens with two attached hydrogens (primary N) is 1. The Hall–Kier alpha value is -0.120. The molecule has 1 aliphatic rings. The van der Waals surface area contributed by atoms with E-state index >= 15 is 0 Å². The molecule has 0 saturated carbocycles. The molecule has 3 nitrogen and oxygen atoms in total. The van der Waals surface area contributed by atoms with Crippen LogP contribution in [0.5, 0.6) is 0 Å². The summed E-state index contributed by atoms with van der Waals surface area (Å²) in [7, 11) is 2.23. The van der Waals surface area contributed by atoms with Crippen molar-refractivity contribution in [2.45, 2.75) is 46.1 Å². The van der Waals surface area contributed by atoms with E-state index < -0.39 is 0 Å². The molecule has 0 aromatic rings. The minimum Gasteiger partial charge on any atom is -0.330 e. The fraction of sp³-hybridized carbons (Fsp3) is 1.00. The Morgan fingerprint density at radius 2 is 1.94 bits per heavy atom. The molecule has 1 unspecified atom stereocenters. The molecule has 102 valence electrons. The van der Waals surface area contributed by atoms with Gasteiger partial charge in [0.15, 0.2) is 0 Å². The zero-order valence-electron chi connectivity index (χ0n) is 12.2. The van der Waals surface area contributed by atoms with Crippen molar-refractivity contribution in [3.8, 4) is 0 Å². The lowest BCUT2D eigenvalue weighted by Crippen LogP contribution is -2.50. The first-order valence-corrected chi connectivity index (χ1v) is 7.07. The van der Waals surface area contributed by atoms with E-state index in [2.05, 4.69) is 37.6 Å². The van der Waals surface area contributed by atoms with Gasteiger partial charge in [-0.25, -0.2) is 0 Å². The van der Waals surface area contributed by atoms with Gasteiger partial charge in [-0.1, -0.05) is 20.3 Å². The molecule has 0 amide bonds. The average Bonchev–Trinajstić information content (AvgIpc) is 2.29. The summed E-state index contributed by atoms with van der Waals surface area (Å²) >= 11 is 0. The van der Waals surface area contributed by atoms with E-state index in [1.165, 1.54) is 45.4 Å². The highest BCUT2D eigenvalue weighted by Gasteiger charge is 2.20. The minimum atomic E-state index is 0.329. The highest BCUT2D eigenvalue weighted by molar-refractivity contribution is 4.77. The summed E-state index contributed by atoms with van der Waals surface area (Å²) < 4.78 is 0. The first-order valence-electron chi connectivity index (χ1n) is 7.07. The number of piperazine rings is 1. The Bertz CT molecular complexity index is 216. The van der Waals surface area contributed by atoms with Gasteiger partial charge in [-0.05, 0) is 45.3 Å². The molecule has 1 heterocycles. The van der Waals surface area contributed by atoms with Crippen LogP contribution in [0.15, 0.2) is 0 Å². The van der Waals surface area contributed by atoms with E-state index in [1.807, 2.05) is 0 Å². The van der Waals surface area contributed by atoms with Crippen molar-refractivity contribution in [2.24, 2.45) is 11.1 Å². The Kier molecular flexibility index (Phi) is 5.90. The second-order valence-electron chi connectivity index (χ2n) is 6.46. The Labute approximate surface area is 107 Å². The molecule has 17 heavy (non-hydrogen) atoms. The fourth-order valence-electron chi connectivity index (χ4n) is 2.37. The molecule has 3 heteroatoms. The van der Waals surface area contributed by atoms with Gasteiger partial charge in [-0.3, -0.25) is 0 Å². The summed E-state index contributed by atoms with van der Waals surface area (Å²) in [5.74, 6) is 0. The zero-order valence-corrected chi connectivity index (χ0v) is 12.2. The van der Waals surface area contributed by atoms with Crippen LogP contribution >= 0.6 is 0 Å². The fourth-order valence-corrected chi connectivity index (χ4v) is 2.37. The summed E-state index contributed by atoms with van der Waals surface area (Å²) in [5, 5.41) is 0. The molecule has 0 bridgehead atoms. The average molecular weight is 241 g/mol. The third-order valence-electron chi connectivity index (χ3n) is 4.17. The van der Waals surface area contributed by atoms with Crippen molar-refractivity contribution in [3.63, 3.8) is 0 Å². The predicted octanol–water partition coefficient (Wildman–Crippen LogP) is 1.78. The van der Waals surface area contributed by atoms with Crippen LogP contribution in [0.2, 0.25) is 0 Å². The van der Waals surface area contributed by atoms with Gasteiger partial charge in [0.25, 0.3) is 0 Å². The normalized spacial score (nSPS) is 24.2. The van der Waals surface area contributed by atoms with Gasteiger partial charge in [0, 0.05) is 25.7 Å². The van der Waals surface area contributed by atoms with E-state index in [0.717, 1.165) is 6.54 Å². The van der Waals surface area contributed by atoms with Crippen LogP contribution in [0.25, 0.3) is 0 Å². The number of hydrogen-bond acceptors (Lipinski definition) is 3. The highest BCUT2D eigenvalue weighted by Crippen LogP contribution is 2.21. The molecule has 0 aromatic carbocycles. The number of rotatable bonds is 6. The van der Waals surface area contributed by atoms with Gasteiger partial charge < -0.3 is 15.5 Å². The molecule has 0 aromatic heterocycles. The molecule has 1 atom stereocenters. The smallest absolute Gasteiger partial charge is 0.0192 e. The number of likely N-dealkylation sites (N-methyl/N-ethyl adjacent to an activating group) is 1. The van der Waals surface area contributed by atoms with Gasteiger partial charge in [0.1, 0.15) is 0 Å². The Balaban J connectivity index is 2.11. The highest BCUT2D eigenvalue weighted by atomic mass is 15.3. The van der Waals surface area contributed by atoms with E-state index in [-0.39, 0.29) is 0 Å². The first kappa shape index (κ1) is 14.9. The minimum absolute atomic E-state index is 0.329. The standard InChI is InChI=1S/C14H31N3/c1-13-11-17(10-9-16(13)4)8-6-5-7-14(2,3)12-15/h13H,5-12,15H2,1-4H3. The summed E-state index contributed by atoms with van der Waals surface area (Å²) in [6.45, 7) is 12.6. The van der Waals surface area contributed by atoms with Gasteiger partial charge >= 0.3 is 0 Å². The number of hydrogen-bond donors (Lipinski definition) is 1. The van der Waals surface area contributed by atoms with Crippen LogP contribution in [0.3, 0.4) is 0 Å². The summed E-state index contributed by atoms with van der Waals surface area (Å²) in [4.78, 5) is 5.06. The Morgan fingerprint density at radius 3 is 2.53 bits per heavy atom. The summed E-state index contributed by atoms with van der Waals surface area (Å²) in [6, 6.07) is 0.712. The van der Waals surface area contributed by atoms with Crippen LogP contribution in [0.4, 0.5) is 0 Å². The van der Waals surface area contributed by atoms with E-state index in [1.54, 1.807) is 0 Å². The third-order valence-corrected chi connectivity index (χ3v) is 4.17.